The number of nitrogens with two attached hydrogens (primary N) is 1. The fourth-order valence-corrected chi connectivity index (χ4v) is 2.84. The van der Waals surface area contributed by atoms with Crippen LogP contribution in [0.5, 0.6) is 0 Å². The van der Waals surface area contributed by atoms with Gasteiger partial charge in [0.25, 0.3) is 0 Å². The molecule has 1 aliphatic heterocycles. The van der Waals surface area contributed by atoms with Crippen molar-refractivity contribution in [2.45, 2.75) is 25.1 Å². The molecular weight excluding hydrogens is 262 g/mol. The fourth-order valence-electron chi connectivity index (χ4n) is 2.84. The molecule has 0 radical (unpaired) electrons. The summed E-state index contributed by atoms with van der Waals surface area (Å²) in [6.45, 7) is 3.00. The second kappa shape index (κ2) is 7.58. The van der Waals surface area contributed by atoms with Gasteiger partial charge in [0, 0.05) is 31.2 Å². The molecule has 2 atom stereocenters. The summed E-state index contributed by atoms with van der Waals surface area (Å²) >= 11 is 0. The normalized spacial score (nSPS) is 22.3. The van der Waals surface area contributed by atoms with E-state index in [4.69, 9.17) is 5.73 Å². The zero-order valence-corrected chi connectivity index (χ0v) is 12.9. The highest BCUT2D eigenvalue weighted by molar-refractivity contribution is 5.36. The lowest BCUT2D eigenvalue weighted by Gasteiger charge is -2.26. The van der Waals surface area contributed by atoms with Gasteiger partial charge in [-0.15, -0.1) is 0 Å². The van der Waals surface area contributed by atoms with Gasteiger partial charge in [0.15, 0.2) is 0 Å². The molecule has 4 nitrogen and oxygen atoms in total. The summed E-state index contributed by atoms with van der Waals surface area (Å²) in [6.07, 6.45) is 0.655. The molecule has 1 saturated heterocycles. The first-order valence-electron chi connectivity index (χ1n) is 7.43. The molecule has 3 N–H and O–H groups in total. The molecule has 0 aromatic heterocycles. The van der Waals surface area contributed by atoms with E-state index in [0.29, 0.717) is 12.6 Å². The molecule has 0 amide bonds. The maximum absolute atomic E-state index is 9.91. The molecule has 2 rings (SSSR count). The second-order valence-electron chi connectivity index (χ2n) is 5.94. The van der Waals surface area contributed by atoms with Gasteiger partial charge < -0.3 is 15.7 Å². The van der Waals surface area contributed by atoms with E-state index in [9.17, 15) is 5.11 Å². The van der Waals surface area contributed by atoms with Crippen molar-refractivity contribution in [2.24, 2.45) is 5.73 Å². The van der Waals surface area contributed by atoms with Gasteiger partial charge in [0.05, 0.1) is 12.6 Å². The van der Waals surface area contributed by atoms with Crippen LogP contribution < -0.4 is 5.73 Å². The van der Waals surface area contributed by atoms with Gasteiger partial charge in [-0.2, -0.15) is 0 Å². The topological polar surface area (TPSA) is 52.7 Å². The van der Waals surface area contributed by atoms with Crippen molar-refractivity contribution in [3.8, 4) is 11.8 Å². The smallest absolute Gasteiger partial charge is 0.0682 e. The number of rotatable bonds is 4. The van der Waals surface area contributed by atoms with Gasteiger partial charge in [-0.1, -0.05) is 24.0 Å². The van der Waals surface area contributed by atoms with Crippen LogP contribution in [-0.4, -0.2) is 60.8 Å². The van der Waals surface area contributed by atoms with Gasteiger partial charge in [-0.3, -0.25) is 4.90 Å². The zero-order chi connectivity index (χ0) is 15.2. The average molecular weight is 287 g/mol. The third-order valence-corrected chi connectivity index (χ3v) is 3.76. The van der Waals surface area contributed by atoms with Gasteiger partial charge in [-0.25, -0.2) is 0 Å². The van der Waals surface area contributed by atoms with Crippen LogP contribution >= 0.6 is 0 Å². The standard InChI is InChI=1S/C17H25N3O/c1-19(2)12-16-10-17(21)13-20(16)11-15-7-5-14(6-8-15)4-3-9-18/h5-8,16-17,21H,9-13,18H2,1-2H3. The van der Waals surface area contributed by atoms with Gasteiger partial charge >= 0.3 is 0 Å². The highest BCUT2D eigenvalue weighted by atomic mass is 16.3. The Morgan fingerprint density at radius 1 is 1.33 bits per heavy atom. The van der Waals surface area contributed by atoms with E-state index in [0.717, 1.165) is 31.6 Å². The minimum Gasteiger partial charge on any atom is -0.392 e. The first-order valence-corrected chi connectivity index (χ1v) is 7.43. The Morgan fingerprint density at radius 2 is 2.05 bits per heavy atom. The molecule has 114 valence electrons. The van der Waals surface area contributed by atoms with Crippen molar-refractivity contribution in [2.75, 3.05) is 33.7 Å². The van der Waals surface area contributed by atoms with Crippen LogP contribution in [-0.2, 0) is 6.54 Å². The molecular formula is C17H25N3O. The van der Waals surface area contributed by atoms with E-state index in [1.165, 1.54) is 5.56 Å². The molecule has 1 fully saturated rings. The van der Waals surface area contributed by atoms with E-state index in [1.807, 2.05) is 12.1 Å². The maximum atomic E-state index is 9.91. The lowest BCUT2D eigenvalue weighted by molar-refractivity contribution is 0.169. The van der Waals surface area contributed by atoms with Gasteiger partial charge in [0.1, 0.15) is 0 Å². The predicted octanol–water partition coefficient (Wildman–Crippen LogP) is 0.494. The Hall–Kier alpha value is -1.38. The van der Waals surface area contributed by atoms with Crippen LogP contribution in [0.4, 0.5) is 0 Å². The van der Waals surface area contributed by atoms with Crippen molar-refractivity contribution in [3.63, 3.8) is 0 Å². The van der Waals surface area contributed by atoms with Crippen LogP contribution in [0.25, 0.3) is 0 Å². The summed E-state index contributed by atoms with van der Waals surface area (Å²) in [7, 11) is 4.15. The largest absolute Gasteiger partial charge is 0.392 e. The van der Waals surface area contributed by atoms with Crippen LogP contribution in [0, 0.1) is 11.8 Å². The summed E-state index contributed by atoms with van der Waals surface area (Å²) in [5, 5.41) is 9.91. The highest BCUT2D eigenvalue weighted by Crippen LogP contribution is 2.21. The van der Waals surface area contributed by atoms with Crippen molar-refractivity contribution in [1.82, 2.24) is 9.80 Å². The number of likely N-dealkylation sites (N-methyl/N-ethyl adjacent to an activating group) is 1. The molecule has 0 aliphatic carbocycles. The summed E-state index contributed by atoms with van der Waals surface area (Å²) in [6, 6.07) is 8.71. The van der Waals surface area contributed by atoms with E-state index in [-0.39, 0.29) is 6.10 Å². The fraction of sp³-hybridized carbons (Fsp3) is 0.529. The predicted molar refractivity (Wildman–Crippen MR) is 85.8 cm³/mol. The first-order chi connectivity index (χ1) is 10.1. The summed E-state index contributed by atoms with van der Waals surface area (Å²) in [5.74, 6) is 5.89. The van der Waals surface area contributed by atoms with E-state index < -0.39 is 0 Å². The van der Waals surface area contributed by atoms with Crippen LogP contribution in [0.3, 0.4) is 0 Å². The molecule has 0 spiro atoms. The van der Waals surface area contributed by atoms with Crippen LogP contribution in [0.1, 0.15) is 17.5 Å². The minimum absolute atomic E-state index is 0.204. The number of likely N-dealkylation sites (tertiary alicyclic amines) is 1. The SMILES string of the molecule is CN(C)CC1CC(O)CN1Cc1ccc(C#CCN)cc1. The van der Waals surface area contributed by atoms with Crippen molar-refractivity contribution >= 4 is 0 Å². The number of nitrogens with zero attached hydrogens (tertiary/aromatic N) is 2. The average Bonchev–Trinajstić information content (AvgIpc) is 2.77. The van der Waals surface area contributed by atoms with Crippen LogP contribution in [0.15, 0.2) is 24.3 Å². The molecule has 1 heterocycles. The summed E-state index contributed by atoms with van der Waals surface area (Å²) in [5.41, 5.74) is 7.63. The Labute approximate surface area is 127 Å². The minimum atomic E-state index is -0.204. The van der Waals surface area contributed by atoms with Gasteiger partial charge in [-0.05, 0) is 38.2 Å². The Kier molecular flexibility index (Phi) is 5.77. The monoisotopic (exact) mass is 287 g/mol. The molecule has 21 heavy (non-hydrogen) atoms. The molecule has 2 unspecified atom stereocenters. The van der Waals surface area contributed by atoms with E-state index >= 15 is 0 Å². The summed E-state index contributed by atoms with van der Waals surface area (Å²) in [4.78, 5) is 4.55. The molecule has 4 heteroatoms. The number of β-amino-alcohol motifs (C(OH)–C–C–N with tert-alkyl or cyclic N) is 1. The Balaban J connectivity index is 1.99. The highest BCUT2D eigenvalue weighted by Gasteiger charge is 2.30. The number of aliphatic hydroxyl groups excluding tert-OH is 1. The van der Waals surface area contributed by atoms with Crippen LogP contribution in [0.2, 0.25) is 0 Å². The zero-order valence-electron chi connectivity index (χ0n) is 12.9. The van der Waals surface area contributed by atoms with E-state index in [1.54, 1.807) is 0 Å². The maximum Gasteiger partial charge on any atom is 0.0682 e. The molecule has 0 bridgehead atoms. The number of hydrogen-bond acceptors (Lipinski definition) is 4. The third-order valence-electron chi connectivity index (χ3n) is 3.76. The molecule has 0 saturated carbocycles. The number of hydrogen-bond donors (Lipinski definition) is 2. The number of aliphatic hydroxyl groups is 1. The Bertz CT molecular complexity index is 501. The molecule has 1 aromatic rings. The lowest BCUT2D eigenvalue weighted by atomic mass is 10.1. The molecule has 1 aromatic carbocycles. The third kappa shape index (κ3) is 4.83. The number of benzene rings is 1. The van der Waals surface area contributed by atoms with Gasteiger partial charge in [0.2, 0.25) is 0 Å². The van der Waals surface area contributed by atoms with E-state index in [2.05, 4.69) is 47.9 Å². The van der Waals surface area contributed by atoms with Crippen molar-refractivity contribution in [1.29, 1.82) is 0 Å². The Morgan fingerprint density at radius 3 is 2.67 bits per heavy atom. The summed E-state index contributed by atoms with van der Waals surface area (Å²) < 4.78 is 0. The second-order valence-corrected chi connectivity index (χ2v) is 5.94. The lowest BCUT2D eigenvalue weighted by Crippen LogP contribution is -2.37. The first kappa shape index (κ1) is 16.0. The quantitative estimate of drug-likeness (QED) is 0.792. The van der Waals surface area contributed by atoms with Crippen molar-refractivity contribution in [3.05, 3.63) is 35.4 Å². The van der Waals surface area contributed by atoms with Crippen molar-refractivity contribution < 1.29 is 5.11 Å². The molecule has 1 aliphatic rings.